The highest BCUT2D eigenvalue weighted by Gasteiger charge is 2.26. The van der Waals surface area contributed by atoms with Gasteiger partial charge in [0.25, 0.3) is 0 Å². The number of fused-ring (bicyclic) bond motifs is 1. The lowest BCUT2D eigenvalue weighted by Gasteiger charge is -2.14. The topological polar surface area (TPSA) is 12.0 Å². The molecule has 3 rings (SSSR count). The van der Waals surface area contributed by atoms with Crippen LogP contribution >= 0.6 is 11.6 Å². The molecule has 2 heteroatoms. The van der Waals surface area contributed by atoms with Crippen molar-refractivity contribution in [3.05, 3.63) is 63.7 Å². The van der Waals surface area contributed by atoms with Crippen LogP contribution in [0.15, 0.2) is 36.4 Å². The van der Waals surface area contributed by atoms with Gasteiger partial charge in [-0.1, -0.05) is 41.9 Å². The highest BCUT2D eigenvalue weighted by molar-refractivity contribution is 6.31. The van der Waals surface area contributed by atoms with Gasteiger partial charge in [-0.05, 0) is 42.2 Å². The van der Waals surface area contributed by atoms with Gasteiger partial charge in [-0.15, -0.1) is 0 Å². The number of anilines is 1. The Morgan fingerprint density at radius 1 is 1.06 bits per heavy atom. The lowest BCUT2D eigenvalue weighted by molar-refractivity contribution is 0.816. The third kappa shape index (κ3) is 1.79. The molecule has 0 aromatic heterocycles. The Kier molecular flexibility index (Phi) is 2.79. The third-order valence-corrected chi connectivity index (χ3v) is 4.11. The Labute approximate surface area is 113 Å². The first kappa shape index (κ1) is 11.6. The fraction of sp³-hybridized carbons (Fsp3) is 0.250. The van der Waals surface area contributed by atoms with Crippen LogP contribution in [0.25, 0.3) is 0 Å². The number of halogens is 1. The second-order valence-corrected chi connectivity index (χ2v) is 5.38. The van der Waals surface area contributed by atoms with Crippen molar-refractivity contribution in [2.75, 3.05) is 5.32 Å². The van der Waals surface area contributed by atoms with E-state index in [0.29, 0.717) is 6.04 Å². The lowest BCUT2D eigenvalue weighted by atomic mass is 9.98. The van der Waals surface area contributed by atoms with Crippen molar-refractivity contribution in [2.45, 2.75) is 26.3 Å². The molecular formula is C16H16ClN. The van der Waals surface area contributed by atoms with Crippen molar-refractivity contribution in [1.82, 2.24) is 0 Å². The molecule has 92 valence electrons. The van der Waals surface area contributed by atoms with Crippen molar-refractivity contribution in [2.24, 2.45) is 0 Å². The molecule has 2 aromatic rings. The smallest absolute Gasteiger partial charge is 0.0558 e. The Bertz CT molecular complexity index is 573. The molecule has 1 N–H and O–H groups in total. The largest absolute Gasteiger partial charge is 0.377 e. The minimum absolute atomic E-state index is 0.347. The van der Waals surface area contributed by atoms with E-state index in [-0.39, 0.29) is 0 Å². The summed E-state index contributed by atoms with van der Waals surface area (Å²) in [6.45, 7) is 4.29. The second-order valence-electron chi connectivity index (χ2n) is 4.98. The van der Waals surface area contributed by atoms with Gasteiger partial charge < -0.3 is 5.32 Å². The Balaban J connectivity index is 2.01. The van der Waals surface area contributed by atoms with E-state index < -0.39 is 0 Å². The van der Waals surface area contributed by atoms with E-state index >= 15 is 0 Å². The molecule has 18 heavy (non-hydrogen) atoms. The van der Waals surface area contributed by atoms with Crippen LogP contribution in [-0.4, -0.2) is 0 Å². The summed E-state index contributed by atoms with van der Waals surface area (Å²) < 4.78 is 0. The molecule has 1 aliphatic rings. The maximum absolute atomic E-state index is 6.29. The normalized spacial score (nSPS) is 17.4. The van der Waals surface area contributed by atoms with Gasteiger partial charge >= 0.3 is 0 Å². The number of nitrogens with one attached hydrogen (secondary N) is 1. The molecule has 1 unspecified atom stereocenters. The fourth-order valence-electron chi connectivity index (χ4n) is 2.73. The molecule has 1 nitrogen and oxygen atoms in total. The van der Waals surface area contributed by atoms with Crippen LogP contribution in [-0.2, 0) is 6.42 Å². The standard InChI is InChI=1S/C16H16ClN/c1-10-5-3-4-6-12(10)15-9-13-14(17)8-7-11(2)16(13)18-15/h3-8,15,18H,9H2,1-2H3. The average Bonchev–Trinajstić information content (AvgIpc) is 2.80. The summed E-state index contributed by atoms with van der Waals surface area (Å²) >= 11 is 6.29. The summed E-state index contributed by atoms with van der Waals surface area (Å²) in [6, 6.07) is 13.0. The molecule has 0 radical (unpaired) electrons. The minimum atomic E-state index is 0.347. The molecular weight excluding hydrogens is 242 g/mol. The molecule has 1 aliphatic heterocycles. The number of hydrogen-bond acceptors (Lipinski definition) is 1. The number of rotatable bonds is 1. The van der Waals surface area contributed by atoms with Crippen LogP contribution in [0.3, 0.4) is 0 Å². The van der Waals surface area contributed by atoms with Crippen LogP contribution in [0.4, 0.5) is 5.69 Å². The number of hydrogen-bond donors (Lipinski definition) is 1. The quantitative estimate of drug-likeness (QED) is 0.783. The van der Waals surface area contributed by atoms with E-state index in [4.69, 9.17) is 11.6 Å². The van der Waals surface area contributed by atoms with Crippen molar-refractivity contribution in [1.29, 1.82) is 0 Å². The highest BCUT2D eigenvalue weighted by Crippen LogP contribution is 2.40. The Morgan fingerprint density at radius 3 is 2.56 bits per heavy atom. The van der Waals surface area contributed by atoms with Crippen molar-refractivity contribution in [3.8, 4) is 0 Å². The predicted octanol–water partition coefficient (Wildman–Crippen LogP) is 4.67. The van der Waals surface area contributed by atoms with Crippen molar-refractivity contribution >= 4 is 17.3 Å². The summed E-state index contributed by atoms with van der Waals surface area (Å²) in [7, 11) is 0. The number of aryl methyl sites for hydroxylation is 2. The molecule has 1 atom stereocenters. The fourth-order valence-corrected chi connectivity index (χ4v) is 2.97. The van der Waals surface area contributed by atoms with Gasteiger partial charge in [-0.25, -0.2) is 0 Å². The maximum Gasteiger partial charge on any atom is 0.0558 e. The summed E-state index contributed by atoms with van der Waals surface area (Å²) in [5, 5.41) is 4.49. The van der Waals surface area contributed by atoms with Gasteiger partial charge in [0.15, 0.2) is 0 Å². The van der Waals surface area contributed by atoms with Crippen LogP contribution in [0.1, 0.15) is 28.3 Å². The van der Waals surface area contributed by atoms with Crippen LogP contribution < -0.4 is 5.32 Å². The van der Waals surface area contributed by atoms with E-state index in [2.05, 4.69) is 49.5 Å². The molecule has 2 aromatic carbocycles. The zero-order chi connectivity index (χ0) is 12.7. The molecule has 0 aliphatic carbocycles. The molecule has 0 spiro atoms. The van der Waals surface area contributed by atoms with Crippen molar-refractivity contribution < 1.29 is 0 Å². The van der Waals surface area contributed by atoms with Gasteiger partial charge in [0, 0.05) is 17.1 Å². The van der Waals surface area contributed by atoms with Crippen LogP contribution in [0.2, 0.25) is 5.02 Å². The molecule has 0 saturated carbocycles. The Hall–Kier alpha value is -1.47. The van der Waals surface area contributed by atoms with Gasteiger partial charge in [-0.3, -0.25) is 0 Å². The first-order chi connectivity index (χ1) is 8.66. The zero-order valence-electron chi connectivity index (χ0n) is 10.6. The van der Waals surface area contributed by atoms with E-state index in [1.165, 1.54) is 27.9 Å². The molecule has 1 heterocycles. The highest BCUT2D eigenvalue weighted by atomic mass is 35.5. The molecule has 0 bridgehead atoms. The van der Waals surface area contributed by atoms with Gasteiger partial charge in [0.2, 0.25) is 0 Å². The zero-order valence-corrected chi connectivity index (χ0v) is 11.4. The summed E-state index contributed by atoms with van der Waals surface area (Å²) in [5.41, 5.74) is 6.44. The van der Waals surface area contributed by atoms with E-state index in [0.717, 1.165) is 11.4 Å². The first-order valence-corrected chi connectivity index (χ1v) is 6.64. The summed E-state index contributed by atoms with van der Waals surface area (Å²) in [4.78, 5) is 0. The second kappa shape index (κ2) is 4.33. The summed E-state index contributed by atoms with van der Waals surface area (Å²) in [6.07, 6.45) is 0.973. The van der Waals surface area contributed by atoms with Crippen molar-refractivity contribution in [3.63, 3.8) is 0 Å². The molecule has 0 fully saturated rings. The van der Waals surface area contributed by atoms with Gasteiger partial charge in [0.05, 0.1) is 6.04 Å². The average molecular weight is 258 g/mol. The lowest BCUT2D eigenvalue weighted by Crippen LogP contribution is -2.07. The van der Waals surface area contributed by atoms with E-state index in [1.807, 2.05) is 6.07 Å². The SMILES string of the molecule is Cc1ccccc1C1Cc2c(Cl)ccc(C)c2N1. The van der Waals surface area contributed by atoms with Crippen LogP contribution in [0.5, 0.6) is 0 Å². The summed E-state index contributed by atoms with van der Waals surface area (Å²) in [5.74, 6) is 0. The Morgan fingerprint density at radius 2 is 1.83 bits per heavy atom. The van der Waals surface area contributed by atoms with Crippen LogP contribution in [0, 0.1) is 13.8 Å². The van der Waals surface area contributed by atoms with Gasteiger partial charge in [0.1, 0.15) is 0 Å². The monoisotopic (exact) mass is 257 g/mol. The number of benzene rings is 2. The predicted molar refractivity (Wildman–Crippen MR) is 77.4 cm³/mol. The van der Waals surface area contributed by atoms with Gasteiger partial charge in [-0.2, -0.15) is 0 Å². The first-order valence-electron chi connectivity index (χ1n) is 6.27. The minimum Gasteiger partial charge on any atom is -0.377 e. The van der Waals surface area contributed by atoms with E-state index in [9.17, 15) is 0 Å². The molecule has 0 amide bonds. The van der Waals surface area contributed by atoms with E-state index in [1.54, 1.807) is 0 Å². The maximum atomic E-state index is 6.29. The molecule has 0 saturated heterocycles. The third-order valence-electron chi connectivity index (χ3n) is 3.75.